The zero-order valence-electron chi connectivity index (χ0n) is 51.3. The number of ether oxygens (including phenoxy) is 4. The van der Waals surface area contributed by atoms with E-state index in [9.17, 15) is 36.7 Å². The van der Waals surface area contributed by atoms with Crippen molar-refractivity contribution in [1.29, 1.82) is 0 Å². The first-order chi connectivity index (χ1) is 39.9. The van der Waals surface area contributed by atoms with E-state index in [1.165, 1.54) is 40.6 Å². The Morgan fingerprint density at radius 3 is 0.906 bits per heavy atom. The van der Waals surface area contributed by atoms with Crippen molar-refractivity contribution in [2.45, 2.75) is 85.1 Å². The Balaban J connectivity index is 0.000000236. The fourth-order valence-electron chi connectivity index (χ4n) is 8.53. The fourth-order valence-corrected chi connectivity index (χ4v) is 9.80. The molecule has 20 heteroatoms. The van der Waals surface area contributed by atoms with Gasteiger partial charge in [-0.15, -0.1) is 29.5 Å². The van der Waals surface area contributed by atoms with Crippen molar-refractivity contribution in [2.75, 3.05) is 80.8 Å². The number of benzene rings is 4. The zero-order chi connectivity index (χ0) is 63.4. The standard InChI is InChI=1S/2C17H22FNO2Si.C14H14FNO2.C12H13BrFNO2.C5H10Si/c2*1-21-17(20)15-11-19(12-15)10-13-5-6-14(16(18)9-13)7-8-22(2,3)4;1-3-11-5-4-10(6-13(11)15)7-16-8-12(9-16)14(17)18-2;1-17-12(16)9-6-15(7-9)5-8-2-3-10(13)11(14)4-8;1-5-6(2,3)4/h2*5-6,9,15H,10-12H2,1-4H3;1,4-6,12H,7-9H2,2H3;2-4,9H,5-7H2,1H3;1H,2-4H3. The summed E-state index contributed by atoms with van der Waals surface area (Å²) < 4.78 is 74.1. The Bertz CT molecular complexity index is 3070. The summed E-state index contributed by atoms with van der Waals surface area (Å²) in [5.74, 6) is 6.17. The van der Waals surface area contributed by atoms with Gasteiger partial charge in [0.05, 0.1) is 73.3 Å². The average molecular weight is 1290 g/mol. The van der Waals surface area contributed by atoms with Crippen LogP contribution in [0.25, 0.3) is 0 Å². The molecule has 456 valence electrons. The predicted octanol–water partition coefficient (Wildman–Crippen LogP) is 10.4. The molecule has 8 rings (SSSR count). The highest BCUT2D eigenvalue weighted by atomic mass is 79.9. The number of nitrogens with zero attached hydrogens (tertiary/aromatic N) is 4. The van der Waals surface area contributed by atoms with Gasteiger partial charge in [0.1, 0.15) is 47.5 Å². The van der Waals surface area contributed by atoms with Gasteiger partial charge in [0.25, 0.3) is 0 Å². The van der Waals surface area contributed by atoms with Crippen LogP contribution in [0.4, 0.5) is 17.6 Å². The van der Waals surface area contributed by atoms with E-state index in [0.29, 0.717) is 94.1 Å². The number of carbonyl (C=O) groups is 4. The summed E-state index contributed by atoms with van der Waals surface area (Å²) >= 11 is 3.11. The Hall–Kier alpha value is -6.31. The molecule has 0 amide bonds. The molecular weight excluding hydrogens is 1200 g/mol. The van der Waals surface area contributed by atoms with Crippen LogP contribution in [0.3, 0.4) is 0 Å². The van der Waals surface area contributed by atoms with E-state index in [-0.39, 0.29) is 76.4 Å². The minimum absolute atomic E-state index is 0.0275. The highest BCUT2D eigenvalue weighted by Crippen LogP contribution is 2.25. The van der Waals surface area contributed by atoms with Gasteiger partial charge in [-0.3, -0.25) is 38.8 Å². The van der Waals surface area contributed by atoms with Crippen LogP contribution in [0, 0.1) is 94.2 Å². The topological polar surface area (TPSA) is 118 Å². The molecule has 4 aromatic carbocycles. The summed E-state index contributed by atoms with van der Waals surface area (Å²) in [4.78, 5) is 53.4. The number of hydrogen-bond acceptors (Lipinski definition) is 12. The van der Waals surface area contributed by atoms with Crippen molar-refractivity contribution in [1.82, 2.24) is 19.6 Å². The van der Waals surface area contributed by atoms with Crippen LogP contribution in [0.2, 0.25) is 58.9 Å². The molecule has 4 saturated heterocycles. The lowest BCUT2D eigenvalue weighted by atomic mass is 9.99. The number of likely N-dealkylation sites (tertiary alicyclic amines) is 4. The van der Waals surface area contributed by atoms with Crippen LogP contribution in [0.15, 0.2) is 77.3 Å². The van der Waals surface area contributed by atoms with Crippen molar-refractivity contribution in [3.63, 3.8) is 0 Å². The summed E-state index contributed by atoms with van der Waals surface area (Å²) in [5, 5.41) is 0. The number of methoxy groups -OCH3 is 4. The second-order valence-electron chi connectivity index (χ2n) is 24.4. The second kappa shape index (κ2) is 33.0. The first-order valence-corrected chi connectivity index (χ1v) is 39.2. The van der Waals surface area contributed by atoms with Crippen LogP contribution in [0.5, 0.6) is 0 Å². The van der Waals surface area contributed by atoms with Gasteiger partial charge < -0.3 is 18.9 Å². The van der Waals surface area contributed by atoms with E-state index in [1.54, 1.807) is 36.4 Å². The van der Waals surface area contributed by atoms with Crippen LogP contribution in [-0.4, -0.2) is 148 Å². The van der Waals surface area contributed by atoms with Crippen LogP contribution < -0.4 is 0 Å². The SMILES string of the molecule is C#C[Si](C)(C)C.C#Cc1ccc(CN2CC(C(=O)OC)C2)cc1F.COC(=O)C1CN(Cc2ccc(Br)c(F)c2)C1.COC(=O)C1CN(Cc2ccc(C#C[Si](C)(C)C)c(F)c2)C1.COC(=O)C1CN(Cc2ccc(C#C[Si](C)(C)C)c(F)c2)C1. The third kappa shape index (κ3) is 24.5. The summed E-state index contributed by atoms with van der Waals surface area (Å²) in [7, 11) is 1.49. The molecule has 0 atom stereocenters. The number of halogens is 5. The van der Waals surface area contributed by atoms with Crippen molar-refractivity contribution in [3.05, 3.63) is 139 Å². The highest BCUT2D eigenvalue weighted by Gasteiger charge is 2.36. The molecule has 0 unspecified atom stereocenters. The lowest BCUT2D eigenvalue weighted by Crippen LogP contribution is -2.49. The van der Waals surface area contributed by atoms with Gasteiger partial charge in [-0.05, 0) is 86.7 Å². The van der Waals surface area contributed by atoms with Crippen LogP contribution in [-0.2, 0) is 64.3 Å². The Labute approximate surface area is 512 Å². The summed E-state index contributed by atoms with van der Waals surface area (Å²) in [6, 6.07) is 20.3. The largest absolute Gasteiger partial charge is 0.469 e. The molecule has 4 aliphatic rings. The molecular formula is C65H81BrF4N4O8Si3. The normalized spacial score (nSPS) is 15.5. The molecule has 0 aromatic heterocycles. The Kier molecular flexibility index (Phi) is 27.6. The minimum atomic E-state index is -1.50. The molecule has 4 heterocycles. The molecule has 0 radical (unpaired) electrons. The number of esters is 4. The molecule has 0 spiro atoms. The zero-order valence-corrected chi connectivity index (χ0v) is 55.9. The molecule has 0 aliphatic carbocycles. The van der Waals surface area contributed by atoms with Crippen molar-refractivity contribution < 1.29 is 55.7 Å². The van der Waals surface area contributed by atoms with E-state index >= 15 is 0 Å². The predicted molar refractivity (Wildman–Crippen MR) is 337 cm³/mol. The molecule has 85 heavy (non-hydrogen) atoms. The number of rotatable bonds is 12. The smallest absolute Gasteiger partial charge is 0.311 e. The van der Waals surface area contributed by atoms with Gasteiger partial charge in [-0.1, -0.05) is 101 Å². The molecule has 0 N–H and O–H groups in total. The maximum Gasteiger partial charge on any atom is 0.311 e. The molecule has 0 bridgehead atoms. The summed E-state index contributed by atoms with van der Waals surface area (Å²) in [6.07, 6.45) is 10.3. The Morgan fingerprint density at radius 2 is 0.694 bits per heavy atom. The number of carbonyl (C=O) groups excluding carboxylic acids is 4. The van der Waals surface area contributed by atoms with E-state index in [2.05, 4.69) is 138 Å². The van der Waals surface area contributed by atoms with Gasteiger partial charge in [-0.25, -0.2) is 17.6 Å². The number of terminal acetylenes is 2. The van der Waals surface area contributed by atoms with Crippen molar-refractivity contribution in [2.24, 2.45) is 23.7 Å². The molecule has 4 fully saturated rings. The van der Waals surface area contributed by atoms with Gasteiger partial charge in [0.2, 0.25) is 0 Å². The molecule has 0 saturated carbocycles. The summed E-state index contributed by atoms with van der Waals surface area (Å²) in [5.41, 5.74) is 13.9. The lowest BCUT2D eigenvalue weighted by molar-refractivity contribution is -0.152. The Morgan fingerprint density at radius 1 is 0.447 bits per heavy atom. The number of hydrogen-bond donors (Lipinski definition) is 0. The van der Waals surface area contributed by atoms with Gasteiger partial charge in [0.15, 0.2) is 0 Å². The van der Waals surface area contributed by atoms with Gasteiger partial charge in [0, 0.05) is 78.5 Å². The third-order valence-corrected chi connectivity index (χ3v) is 16.7. The van der Waals surface area contributed by atoms with Gasteiger partial charge in [-0.2, -0.15) is 0 Å². The molecule has 4 aromatic rings. The quantitative estimate of drug-likeness (QED) is 0.0442. The van der Waals surface area contributed by atoms with Crippen LogP contribution in [0.1, 0.15) is 38.9 Å². The first kappa shape index (κ1) is 71.2. The lowest BCUT2D eigenvalue weighted by Gasteiger charge is -2.37. The highest BCUT2D eigenvalue weighted by molar-refractivity contribution is 9.10. The van der Waals surface area contributed by atoms with E-state index < -0.39 is 24.2 Å². The second-order valence-corrected chi connectivity index (χ2v) is 39.5. The maximum absolute atomic E-state index is 14.1. The summed E-state index contributed by atoms with van der Waals surface area (Å²) in [6.45, 7) is 27.2. The monoisotopic (exact) mass is 1280 g/mol. The molecule has 4 aliphatic heterocycles. The van der Waals surface area contributed by atoms with E-state index in [0.717, 1.165) is 22.3 Å². The minimum Gasteiger partial charge on any atom is -0.469 e. The van der Waals surface area contributed by atoms with E-state index in [4.69, 9.17) is 22.3 Å². The molecule has 12 nitrogen and oxygen atoms in total. The average Bonchev–Trinajstić information content (AvgIpc) is 3.59. The first-order valence-electron chi connectivity index (χ1n) is 27.9. The third-order valence-electron chi connectivity index (χ3n) is 13.4. The van der Waals surface area contributed by atoms with E-state index in [1.807, 2.05) is 24.3 Å². The van der Waals surface area contributed by atoms with Crippen LogP contribution >= 0.6 is 15.9 Å². The maximum atomic E-state index is 14.1. The van der Waals surface area contributed by atoms with Gasteiger partial charge >= 0.3 is 23.9 Å². The van der Waals surface area contributed by atoms with Crippen molar-refractivity contribution >= 4 is 64.0 Å². The van der Waals surface area contributed by atoms with Crippen molar-refractivity contribution in [3.8, 4) is 47.2 Å². The fraction of sp³-hybridized carbons (Fsp3) is 0.446.